The lowest BCUT2D eigenvalue weighted by atomic mass is 9.76. The van der Waals surface area contributed by atoms with Gasteiger partial charge in [-0.3, -0.25) is 4.79 Å². The molecule has 3 heteroatoms. The van der Waals surface area contributed by atoms with Crippen LogP contribution in [0.1, 0.15) is 19.8 Å². The number of amides is 1. The molecular formula is C10H18N2O. The summed E-state index contributed by atoms with van der Waals surface area (Å²) < 4.78 is 0. The predicted molar refractivity (Wildman–Crippen MR) is 51.4 cm³/mol. The first-order chi connectivity index (χ1) is 6.18. The van der Waals surface area contributed by atoms with Crippen LogP contribution >= 0.6 is 0 Å². The van der Waals surface area contributed by atoms with Crippen molar-refractivity contribution in [2.24, 2.45) is 5.41 Å². The maximum Gasteiger partial charge on any atom is 0.231 e. The van der Waals surface area contributed by atoms with Crippen molar-refractivity contribution in [2.45, 2.75) is 19.8 Å². The number of likely N-dealkylation sites (tertiary alicyclic amines) is 2. The molecular weight excluding hydrogens is 164 g/mol. The van der Waals surface area contributed by atoms with E-state index in [0.717, 1.165) is 32.6 Å². The van der Waals surface area contributed by atoms with Gasteiger partial charge in [-0.25, -0.2) is 0 Å². The molecule has 1 amide bonds. The lowest BCUT2D eigenvalue weighted by Crippen LogP contribution is -2.63. The molecule has 2 aliphatic rings. The van der Waals surface area contributed by atoms with Crippen LogP contribution in [0.5, 0.6) is 0 Å². The van der Waals surface area contributed by atoms with Gasteiger partial charge in [0, 0.05) is 26.2 Å². The van der Waals surface area contributed by atoms with Gasteiger partial charge >= 0.3 is 0 Å². The third-order valence-corrected chi connectivity index (χ3v) is 3.42. The summed E-state index contributed by atoms with van der Waals surface area (Å²) in [6.07, 6.45) is 2.19. The molecule has 2 rings (SSSR count). The molecule has 2 heterocycles. The predicted octanol–water partition coefficient (Wildman–Crippen LogP) is 0.560. The van der Waals surface area contributed by atoms with Crippen molar-refractivity contribution in [3.8, 4) is 0 Å². The zero-order chi connectivity index (χ0) is 9.47. The quantitative estimate of drug-likeness (QED) is 0.623. The second-order valence-electron chi connectivity index (χ2n) is 4.45. The molecule has 0 atom stereocenters. The first kappa shape index (κ1) is 9.00. The first-order valence-corrected chi connectivity index (χ1v) is 5.16. The first-order valence-electron chi connectivity index (χ1n) is 5.16. The van der Waals surface area contributed by atoms with E-state index < -0.39 is 0 Å². The number of carbonyl (C=O) groups excluding carboxylic acids is 1. The molecule has 0 aromatic rings. The van der Waals surface area contributed by atoms with E-state index >= 15 is 0 Å². The van der Waals surface area contributed by atoms with Crippen LogP contribution in [0, 0.1) is 5.41 Å². The van der Waals surface area contributed by atoms with Crippen molar-refractivity contribution in [1.29, 1.82) is 0 Å². The minimum absolute atomic E-state index is 0.0187. The van der Waals surface area contributed by atoms with Crippen LogP contribution in [0.25, 0.3) is 0 Å². The number of nitrogens with zero attached hydrogens (tertiary/aromatic N) is 2. The molecule has 2 aliphatic heterocycles. The highest BCUT2D eigenvalue weighted by Crippen LogP contribution is 2.35. The summed E-state index contributed by atoms with van der Waals surface area (Å²) in [6.45, 7) is 6.02. The van der Waals surface area contributed by atoms with E-state index in [1.54, 1.807) is 0 Å². The van der Waals surface area contributed by atoms with Crippen LogP contribution in [0.4, 0.5) is 0 Å². The summed E-state index contributed by atoms with van der Waals surface area (Å²) in [4.78, 5) is 16.2. The minimum atomic E-state index is -0.0187. The third kappa shape index (κ3) is 1.26. The average Bonchev–Trinajstić information content (AvgIpc) is 1.94. The second-order valence-corrected chi connectivity index (χ2v) is 4.45. The van der Waals surface area contributed by atoms with E-state index in [1.165, 1.54) is 6.42 Å². The van der Waals surface area contributed by atoms with Crippen molar-refractivity contribution in [3.63, 3.8) is 0 Å². The molecule has 0 N–H and O–H groups in total. The van der Waals surface area contributed by atoms with Crippen LogP contribution in [-0.2, 0) is 4.79 Å². The zero-order valence-corrected chi connectivity index (χ0v) is 8.55. The summed E-state index contributed by atoms with van der Waals surface area (Å²) in [6, 6.07) is 0. The van der Waals surface area contributed by atoms with Crippen molar-refractivity contribution in [3.05, 3.63) is 0 Å². The molecule has 0 aromatic carbocycles. The van der Waals surface area contributed by atoms with Crippen LogP contribution in [0.15, 0.2) is 0 Å². The Labute approximate surface area is 79.7 Å². The molecule has 2 fully saturated rings. The van der Waals surface area contributed by atoms with Crippen molar-refractivity contribution >= 4 is 5.91 Å². The summed E-state index contributed by atoms with van der Waals surface area (Å²) >= 11 is 0. The number of rotatable bonds is 2. The highest BCUT2D eigenvalue weighted by Gasteiger charge is 2.48. The Kier molecular flexibility index (Phi) is 2.06. The maximum absolute atomic E-state index is 12.0. The fourth-order valence-corrected chi connectivity index (χ4v) is 2.35. The van der Waals surface area contributed by atoms with E-state index in [2.05, 4.69) is 18.9 Å². The molecule has 0 aromatic heterocycles. The van der Waals surface area contributed by atoms with Gasteiger partial charge in [0.2, 0.25) is 5.91 Å². The molecule has 3 nitrogen and oxygen atoms in total. The Morgan fingerprint density at radius 3 is 2.31 bits per heavy atom. The van der Waals surface area contributed by atoms with Gasteiger partial charge in [-0.2, -0.15) is 0 Å². The van der Waals surface area contributed by atoms with Crippen molar-refractivity contribution in [1.82, 2.24) is 9.80 Å². The maximum atomic E-state index is 12.0. The molecule has 0 saturated carbocycles. The molecule has 0 unspecified atom stereocenters. The largest absolute Gasteiger partial charge is 0.342 e. The zero-order valence-electron chi connectivity index (χ0n) is 8.55. The van der Waals surface area contributed by atoms with Gasteiger partial charge in [-0.15, -0.1) is 0 Å². The van der Waals surface area contributed by atoms with Crippen molar-refractivity contribution < 1.29 is 4.79 Å². The lowest BCUT2D eigenvalue weighted by Gasteiger charge is -2.50. The number of carbonyl (C=O) groups is 1. The van der Waals surface area contributed by atoms with Crippen molar-refractivity contribution in [2.75, 3.05) is 33.2 Å². The number of hydrogen-bond acceptors (Lipinski definition) is 2. The standard InChI is InChI=1S/C10H18N2O/c1-3-10(7-11(2)8-10)9(13)12-5-4-6-12/h3-8H2,1-2H3. The third-order valence-electron chi connectivity index (χ3n) is 3.42. The van der Waals surface area contributed by atoms with Gasteiger partial charge in [0.05, 0.1) is 5.41 Å². The summed E-state index contributed by atoms with van der Waals surface area (Å²) in [7, 11) is 2.08. The Balaban J connectivity index is 2.00. The molecule has 74 valence electrons. The van der Waals surface area contributed by atoms with Gasteiger partial charge in [0.25, 0.3) is 0 Å². The summed E-state index contributed by atoms with van der Waals surface area (Å²) in [5.41, 5.74) is -0.0187. The normalized spacial score (nSPS) is 26.5. The van der Waals surface area contributed by atoms with Gasteiger partial charge in [-0.1, -0.05) is 6.92 Å². The Morgan fingerprint density at radius 2 is 2.00 bits per heavy atom. The average molecular weight is 182 g/mol. The van der Waals surface area contributed by atoms with Crippen LogP contribution in [-0.4, -0.2) is 48.9 Å². The summed E-state index contributed by atoms with van der Waals surface area (Å²) in [5.74, 6) is 0.402. The fourth-order valence-electron chi connectivity index (χ4n) is 2.35. The van der Waals surface area contributed by atoms with E-state index in [9.17, 15) is 4.79 Å². The molecule has 13 heavy (non-hydrogen) atoms. The minimum Gasteiger partial charge on any atom is -0.342 e. The Morgan fingerprint density at radius 1 is 1.38 bits per heavy atom. The summed E-state index contributed by atoms with van der Waals surface area (Å²) in [5, 5.41) is 0. The highest BCUT2D eigenvalue weighted by molar-refractivity contribution is 5.84. The van der Waals surface area contributed by atoms with E-state index in [1.807, 2.05) is 4.90 Å². The SMILES string of the molecule is CCC1(C(=O)N2CCC2)CN(C)C1. The topological polar surface area (TPSA) is 23.6 Å². The number of hydrogen-bond donors (Lipinski definition) is 0. The van der Waals surface area contributed by atoms with Gasteiger partial charge < -0.3 is 9.80 Å². The van der Waals surface area contributed by atoms with Crippen LogP contribution < -0.4 is 0 Å². The van der Waals surface area contributed by atoms with Gasteiger partial charge in [-0.05, 0) is 19.9 Å². The molecule has 0 radical (unpaired) electrons. The Hall–Kier alpha value is -0.570. The molecule has 0 bridgehead atoms. The van der Waals surface area contributed by atoms with E-state index in [0.29, 0.717) is 5.91 Å². The molecule has 0 spiro atoms. The highest BCUT2D eigenvalue weighted by atomic mass is 16.2. The second kappa shape index (κ2) is 2.98. The molecule has 0 aliphatic carbocycles. The van der Waals surface area contributed by atoms with Crippen LogP contribution in [0.2, 0.25) is 0 Å². The Bertz CT molecular complexity index is 217. The monoisotopic (exact) mass is 182 g/mol. The molecule has 2 saturated heterocycles. The van der Waals surface area contributed by atoms with Gasteiger partial charge in [0.15, 0.2) is 0 Å². The smallest absolute Gasteiger partial charge is 0.231 e. The van der Waals surface area contributed by atoms with Gasteiger partial charge in [0.1, 0.15) is 0 Å². The lowest BCUT2D eigenvalue weighted by molar-refractivity contribution is -0.156. The van der Waals surface area contributed by atoms with E-state index in [4.69, 9.17) is 0 Å². The fraction of sp³-hybridized carbons (Fsp3) is 0.900. The van der Waals surface area contributed by atoms with E-state index in [-0.39, 0.29) is 5.41 Å². The van der Waals surface area contributed by atoms with Crippen LogP contribution in [0.3, 0.4) is 0 Å².